The number of sulfonamides is 1. The molecule has 0 bridgehead atoms. The van der Waals surface area contributed by atoms with Crippen molar-refractivity contribution >= 4 is 44.7 Å². The van der Waals surface area contributed by atoms with E-state index < -0.39 is 16.0 Å². The van der Waals surface area contributed by atoms with Gasteiger partial charge >= 0.3 is 5.97 Å². The van der Waals surface area contributed by atoms with Crippen molar-refractivity contribution in [2.75, 3.05) is 4.72 Å². The van der Waals surface area contributed by atoms with Crippen molar-refractivity contribution in [3.8, 4) is 0 Å². The Morgan fingerprint density at radius 1 is 1.45 bits per heavy atom. The third-order valence-electron chi connectivity index (χ3n) is 2.32. The molecule has 0 aromatic carbocycles. The standard InChI is InChI=1S/C11H9ClN2O4S2/c1-6-4-9(19-10(6)11(15)16)20(17,18)14-8-3-2-7(12)5-13-8/h2-5H,1H3,(H,13,14)(H,15,16). The lowest BCUT2D eigenvalue weighted by atomic mass is 10.3. The summed E-state index contributed by atoms with van der Waals surface area (Å²) < 4.78 is 26.4. The summed E-state index contributed by atoms with van der Waals surface area (Å²) >= 11 is 6.35. The number of hydrogen-bond donors (Lipinski definition) is 2. The van der Waals surface area contributed by atoms with Crippen molar-refractivity contribution in [2.45, 2.75) is 11.1 Å². The summed E-state index contributed by atoms with van der Waals surface area (Å²) in [7, 11) is -3.86. The molecule has 0 spiro atoms. The second-order valence-corrected chi connectivity index (χ2v) is 7.25. The number of hydrogen-bond acceptors (Lipinski definition) is 5. The first-order chi connectivity index (χ1) is 9.29. The number of aromatic carboxylic acids is 1. The Morgan fingerprint density at radius 2 is 2.15 bits per heavy atom. The first-order valence-corrected chi connectivity index (χ1v) is 7.95. The van der Waals surface area contributed by atoms with Crippen molar-refractivity contribution in [3.63, 3.8) is 0 Å². The molecule has 9 heteroatoms. The van der Waals surface area contributed by atoms with Crippen LogP contribution in [0.4, 0.5) is 5.82 Å². The first-order valence-electron chi connectivity index (χ1n) is 5.28. The minimum atomic E-state index is -3.86. The molecular formula is C11H9ClN2O4S2. The van der Waals surface area contributed by atoms with Gasteiger partial charge in [-0.2, -0.15) is 0 Å². The molecule has 6 nitrogen and oxygen atoms in total. The summed E-state index contributed by atoms with van der Waals surface area (Å²) in [5, 5.41) is 9.32. The summed E-state index contributed by atoms with van der Waals surface area (Å²) in [6.45, 7) is 1.54. The SMILES string of the molecule is Cc1cc(S(=O)(=O)Nc2ccc(Cl)cn2)sc1C(=O)O. The van der Waals surface area contributed by atoms with Crippen LogP contribution in [0.2, 0.25) is 5.02 Å². The third kappa shape index (κ3) is 3.09. The van der Waals surface area contributed by atoms with Crippen LogP contribution in [0.15, 0.2) is 28.6 Å². The van der Waals surface area contributed by atoms with Crippen LogP contribution >= 0.6 is 22.9 Å². The van der Waals surface area contributed by atoms with Gasteiger partial charge in [0, 0.05) is 6.20 Å². The van der Waals surface area contributed by atoms with E-state index in [1.165, 1.54) is 24.4 Å². The van der Waals surface area contributed by atoms with Crippen LogP contribution in [0.25, 0.3) is 0 Å². The number of halogens is 1. The van der Waals surface area contributed by atoms with Gasteiger partial charge in [0.05, 0.1) is 5.02 Å². The molecule has 0 atom stereocenters. The van der Waals surface area contributed by atoms with Crippen LogP contribution in [-0.4, -0.2) is 24.5 Å². The summed E-state index contributed by atoms with van der Waals surface area (Å²) in [6.07, 6.45) is 1.31. The van der Waals surface area contributed by atoms with Gasteiger partial charge < -0.3 is 5.11 Å². The highest BCUT2D eigenvalue weighted by Gasteiger charge is 2.22. The van der Waals surface area contributed by atoms with Gasteiger partial charge in [-0.05, 0) is 30.7 Å². The van der Waals surface area contributed by atoms with Crippen molar-refractivity contribution in [2.24, 2.45) is 0 Å². The van der Waals surface area contributed by atoms with Gasteiger partial charge in [0.1, 0.15) is 14.9 Å². The van der Waals surface area contributed by atoms with Gasteiger partial charge in [0.15, 0.2) is 0 Å². The van der Waals surface area contributed by atoms with E-state index in [2.05, 4.69) is 9.71 Å². The Hall–Kier alpha value is -1.64. The molecule has 2 aromatic rings. The second-order valence-electron chi connectivity index (χ2n) is 3.85. The zero-order valence-corrected chi connectivity index (χ0v) is 12.5. The Kier molecular flexibility index (Phi) is 3.98. The van der Waals surface area contributed by atoms with Crippen LogP contribution in [-0.2, 0) is 10.0 Å². The molecule has 0 fully saturated rings. The highest BCUT2D eigenvalue weighted by molar-refractivity contribution is 7.94. The van der Waals surface area contributed by atoms with Gasteiger partial charge in [-0.1, -0.05) is 11.6 Å². The fraction of sp³-hybridized carbons (Fsp3) is 0.0909. The predicted molar refractivity (Wildman–Crippen MR) is 76.1 cm³/mol. The molecular weight excluding hydrogens is 324 g/mol. The maximum absolute atomic E-state index is 12.1. The van der Waals surface area contributed by atoms with Crippen LogP contribution in [0.5, 0.6) is 0 Å². The van der Waals surface area contributed by atoms with E-state index >= 15 is 0 Å². The average Bonchev–Trinajstić information content (AvgIpc) is 2.75. The molecule has 0 radical (unpaired) electrons. The van der Waals surface area contributed by atoms with E-state index in [4.69, 9.17) is 16.7 Å². The van der Waals surface area contributed by atoms with E-state index in [0.29, 0.717) is 21.9 Å². The van der Waals surface area contributed by atoms with E-state index in [-0.39, 0.29) is 14.9 Å². The lowest BCUT2D eigenvalue weighted by Gasteiger charge is -2.04. The molecule has 2 aromatic heterocycles. The zero-order chi connectivity index (χ0) is 14.9. The maximum atomic E-state index is 12.1. The second kappa shape index (κ2) is 5.39. The van der Waals surface area contributed by atoms with E-state index in [1.807, 2.05) is 0 Å². The molecule has 0 aliphatic carbocycles. The van der Waals surface area contributed by atoms with Crippen LogP contribution in [0, 0.1) is 6.92 Å². The third-order valence-corrected chi connectivity index (χ3v) is 5.60. The van der Waals surface area contributed by atoms with Crippen LogP contribution < -0.4 is 4.72 Å². The number of anilines is 1. The quantitative estimate of drug-likeness (QED) is 0.897. The van der Waals surface area contributed by atoms with E-state index in [9.17, 15) is 13.2 Å². The fourth-order valence-corrected chi connectivity index (χ4v) is 3.92. The predicted octanol–water partition coefficient (Wildman–Crippen LogP) is 2.60. The maximum Gasteiger partial charge on any atom is 0.346 e. The van der Waals surface area contributed by atoms with Crippen molar-refractivity contribution in [1.29, 1.82) is 0 Å². The number of aromatic nitrogens is 1. The van der Waals surface area contributed by atoms with E-state index in [1.54, 1.807) is 6.92 Å². The van der Waals surface area contributed by atoms with Gasteiger partial charge in [0.2, 0.25) is 0 Å². The van der Waals surface area contributed by atoms with Crippen LogP contribution in [0.1, 0.15) is 15.2 Å². The number of pyridine rings is 1. The first kappa shape index (κ1) is 14.8. The number of thiophene rings is 1. The van der Waals surface area contributed by atoms with Crippen LogP contribution in [0.3, 0.4) is 0 Å². The summed E-state index contributed by atoms with van der Waals surface area (Å²) in [6, 6.07) is 4.22. The topological polar surface area (TPSA) is 96.4 Å². The number of nitrogens with zero attached hydrogens (tertiary/aromatic N) is 1. The van der Waals surface area contributed by atoms with Crippen molar-refractivity contribution in [1.82, 2.24) is 4.98 Å². The Balaban J connectivity index is 2.33. The van der Waals surface area contributed by atoms with Gasteiger partial charge in [0.25, 0.3) is 10.0 Å². The summed E-state index contributed by atoms with van der Waals surface area (Å²) in [4.78, 5) is 14.7. The molecule has 0 aliphatic heterocycles. The molecule has 106 valence electrons. The number of carboxylic acids is 1. The molecule has 0 saturated heterocycles. The Morgan fingerprint density at radius 3 is 2.65 bits per heavy atom. The number of carbonyl (C=O) groups is 1. The van der Waals surface area contributed by atoms with Crippen molar-refractivity contribution in [3.05, 3.63) is 39.9 Å². The number of rotatable bonds is 4. The number of nitrogens with one attached hydrogen (secondary N) is 1. The molecule has 2 rings (SSSR count). The Labute approximate surface area is 124 Å². The highest BCUT2D eigenvalue weighted by atomic mass is 35.5. The normalized spacial score (nSPS) is 11.3. The molecule has 0 unspecified atom stereocenters. The van der Waals surface area contributed by atoms with Gasteiger partial charge in [-0.15, -0.1) is 11.3 Å². The number of aryl methyl sites for hydroxylation is 1. The van der Waals surface area contributed by atoms with Crippen molar-refractivity contribution < 1.29 is 18.3 Å². The Bertz CT molecular complexity index is 753. The largest absolute Gasteiger partial charge is 0.477 e. The highest BCUT2D eigenvalue weighted by Crippen LogP contribution is 2.27. The minimum absolute atomic E-state index is 0.00515. The summed E-state index contributed by atoms with van der Waals surface area (Å²) in [5.74, 6) is -1.05. The zero-order valence-electron chi connectivity index (χ0n) is 10.1. The lowest BCUT2D eigenvalue weighted by Crippen LogP contribution is -2.12. The fourth-order valence-electron chi connectivity index (χ4n) is 1.42. The summed E-state index contributed by atoms with van der Waals surface area (Å²) in [5.41, 5.74) is 0.395. The molecule has 2 heterocycles. The molecule has 2 N–H and O–H groups in total. The minimum Gasteiger partial charge on any atom is -0.477 e. The smallest absolute Gasteiger partial charge is 0.346 e. The molecule has 20 heavy (non-hydrogen) atoms. The van der Waals surface area contributed by atoms with Gasteiger partial charge in [-0.3, -0.25) is 4.72 Å². The molecule has 0 saturated carbocycles. The molecule has 0 aliphatic rings. The van der Waals surface area contributed by atoms with E-state index in [0.717, 1.165) is 0 Å². The number of carboxylic acid groups (broad SMARTS) is 1. The lowest BCUT2D eigenvalue weighted by molar-refractivity contribution is 0.0701. The monoisotopic (exact) mass is 332 g/mol. The van der Waals surface area contributed by atoms with Gasteiger partial charge in [-0.25, -0.2) is 18.2 Å². The molecule has 0 amide bonds. The average molecular weight is 333 g/mol.